The fourth-order valence-electron chi connectivity index (χ4n) is 3.97. The van der Waals surface area contributed by atoms with E-state index in [1.807, 2.05) is 0 Å². The summed E-state index contributed by atoms with van der Waals surface area (Å²) in [6, 6.07) is 0.816. The molecular weight excluding hydrogens is 220 g/mol. The third-order valence-electron chi connectivity index (χ3n) is 6.01. The lowest BCUT2D eigenvalue weighted by Crippen LogP contribution is -2.65. The van der Waals surface area contributed by atoms with Crippen molar-refractivity contribution in [2.45, 2.75) is 63.5 Å². The predicted octanol–water partition coefficient (Wildman–Crippen LogP) is 2.64. The Balaban J connectivity index is 1.43. The van der Waals surface area contributed by atoms with Crippen molar-refractivity contribution in [3.05, 3.63) is 0 Å². The zero-order valence-electron chi connectivity index (χ0n) is 11.8. The summed E-state index contributed by atoms with van der Waals surface area (Å²) in [6.45, 7) is 6.50. The summed E-state index contributed by atoms with van der Waals surface area (Å²) in [4.78, 5) is 2.89. The van der Waals surface area contributed by atoms with Crippen molar-refractivity contribution in [2.24, 2.45) is 17.8 Å². The lowest BCUT2D eigenvalue weighted by molar-refractivity contribution is 0.0284. The first-order chi connectivity index (χ1) is 8.75. The summed E-state index contributed by atoms with van der Waals surface area (Å²) >= 11 is 0. The van der Waals surface area contributed by atoms with Crippen LogP contribution in [0.1, 0.15) is 51.9 Å². The molecule has 0 radical (unpaired) electrons. The van der Waals surface area contributed by atoms with Gasteiger partial charge in [-0.3, -0.25) is 4.90 Å². The third-order valence-corrected chi connectivity index (χ3v) is 6.01. The second-order valence-electron chi connectivity index (χ2n) is 7.63. The van der Waals surface area contributed by atoms with Gasteiger partial charge in [0.1, 0.15) is 0 Å². The fraction of sp³-hybridized carbons (Fsp3) is 1.00. The van der Waals surface area contributed by atoms with Crippen molar-refractivity contribution in [2.75, 3.05) is 19.6 Å². The van der Waals surface area contributed by atoms with Gasteiger partial charge in [0, 0.05) is 24.7 Å². The van der Waals surface area contributed by atoms with Gasteiger partial charge in [-0.25, -0.2) is 0 Å². The smallest absolute Gasteiger partial charge is 0.0334 e. The molecule has 3 saturated carbocycles. The van der Waals surface area contributed by atoms with E-state index in [1.165, 1.54) is 64.6 Å². The summed E-state index contributed by atoms with van der Waals surface area (Å²) in [5.74, 6) is 3.09. The quantitative estimate of drug-likeness (QED) is 0.804. The van der Waals surface area contributed by atoms with E-state index in [-0.39, 0.29) is 0 Å². The van der Waals surface area contributed by atoms with Gasteiger partial charge >= 0.3 is 0 Å². The molecule has 0 spiro atoms. The summed E-state index contributed by atoms with van der Waals surface area (Å²) in [6.07, 6.45) is 10.4. The Hall–Kier alpha value is -0.0800. The molecule has 3 aliphatic carbocycles. The number of hydrogen-bond donors (Lipinski definition) is 1. The Morgan fingerprint density at radius 1 is 1.11 bits per heavy atom. The molecule has 1 heterocycles. The zero-order valence-corrected chi connectivity index (χ0v) is 11.8. The van der Waals surface area contributed by atoms with E-state index in [9.17, 15) is 0 Å². The maximum atomic E-state index is 3.88. The van der Waals surface area contributed by atoms with Gasteiger partial charge in [-0.05, 0) is 63.3 Å². The molecule has 4 fully saturated rings. The van der Waals surface area contributed by atoms with E-state index in [0.717, 1.165) is 23.8 Å². The van der Waals surface area contributed by atoms with E-state index < -0.39 is 0 Å². The van der Waals surface area contributed by atoms with Crippen molar-refractivity contribution in [3.8, 4) is 0 Å². The number of nitrogens with zero attached hydrogens (tertiary/aromatic N) is 1. The first-order valence-corrected chi connectivity index (χ1v) is 8.24. The molecule has 2 nitrogen and oxygen atoms in total. The van der Waals surface area contributed by atoms with Gasteiger partial charge in [-0.1, -0.05) is 12.8 Å². The third kappa shape index (κ3) is 2.22. The number of nitrogens with one attached hydrogen (secondary N) is 1. The minimum Gasteiger partial charge on any atom is -0.311 e. The Morgan fingerprint density at radius 3 is 2.50 bits per heavy atom. The Morgan fingerprint density at radius 2 is 1.89 bits per heavy atom. The molecule has 0 aromatic heterocycles. The van der Waals surface area contributed by atoms with Crippen LogP contribution in [0.15, 0.2) is 0 Å². The van der Waals surface area contributed by atoms with Gasteiger partial charge in [0.15, 0.2) is 0 Å². The predicted molar refractivity (Wildman–Crippen MR) is 74.6 cm³/mol. The standard InChI is InChI=1S/C16H28N2/c1-16(14-6-7-14)11-17-15(13-4-5-13)10-18(16)9-8-12-2-3-12/h12-15,17H,2-11H2,1H3. The number of hydrogen-bond acceptors (Lipinski definition) is 2. The van der Waals surface area contributed by atoms with E-state index in [1.54, 1.807) is 0 Å². The zero-order chi connectivity index (χ0) is 12.2. The van der Waals surface area contributed by atoms with Gasteiger partial charge < -0.3 is 5.32 Å². The molecule has 102 valence electrons. The average Bonchev–Trinajstić information content (AvgIpc) is 3.25. The van der Waals surface area contributed by atoms with Crippen molar-refractivity contribution < 1.29 is 0 Å². The second-order valence-corrected chi connectivity index (χ2v) is 7.63. The van der Waals surface area contributed by atoms with Crippen molar-refractivity contribution in [3.63, 3.8) is 0 Å². The second kappa shape index (κ2) is 4.21. The van der Waals surface area contributed by atoms with Crippen molar-refractivity contribution in [1.29, 1.82) is 0 Å². The highest BCUT2D eigenvalue weighted by Gasteiger charge is 2.50. The van der Waals surface area contributed by atoms with E-state index in [2.05, 4.69) is 17.1 Å². The lowest BCUT2D eigenvalue weighted by Gasteiger charge is -2.49. The average molecular weight is 248 g/mol. The SMILES string of the molecule is CC1(C2CC2)CNC(C2CC2)CN1CCC1CC1. The molecule has 4 rings (SSSR count). The summed E-state index contributed by atoms with van der Waals surface area (Å²) < 4.78 is 0. The topological polar surface area (TPSA) is 15.3 Å². The van der Waals surface area contributed by atoms with Crippen LogP contribution in [0, 0.1) is 17.8 Å². The van der Waals surface area contributed by atoms with Gasteiger partial charge in [-0.2, -0.15) is 0 Å². The van der Waals surface area contributed by atoms with Crippen LogP contribution in [0.3, 0.4) is 0 Å². The molecule has 0 aromatic carbocycles. The Labute approximate surface area is 111 Å². The molecule has 4 aliphatic rings. The van der Waals surface area contributed by atoms with Crippen LogP contribution in [0.25, 0.3) is 0 Å². The highest BCUT2D eigenvalue weighted by atomic mass is 15.3. The molecule has 2 heteroatoms. The molecule has 0 aromatic rings. The summed E-state index contributed by atoms with van der Waals surface area (Å²) in [7, 11) is 0. The molecule has 0 bridgehead atoms. The maximum absolute atomic E-state index is 3.88. The van der Waals surface area contributed by atoms with Crippen LogP contribution < -0.4 is 5.32 Å². The minimum absolute atomic E-state index is 0.486. The Bertz CT molecular complexity index is 317. The molecule has 2 unspecified atom stereocenters. The normalized spacial score (nSPS) is 42.2. The van der Waals surface area contributed by atoms with Crippen molar-refractivity contribution in [1.82, 2.24) is 10.2 Å². The largest absolute Gasteiger partial charge is 0.311 e. The van der Waals surface area contributed by atoms with Gasteiger partial charge in [0.25, 0.3) is 0 Å². The molecular formula is C16H28N2. The molecule has 1 saturated heterocycles. The van der Waals surface area contributed by atoms with Gasteiger partial charge in [-0.15, -0.1) is 0 Å². The van der Waals surface area contributed by atoms with E-state index in [0.29, 0.717) is 5.54 Å². The van der Waals surface area contributed by atoms with E-state index >= 15 is 0 Å². The van der Waals surface area contributed by atoms with E-state index in [4.69, 9.17) is 0 Å². The first kappa shape index (κ1) is 11.7. The van der Waals surface area contributed by atoms with Crippen LogP contribution in [0.2, 0.25) is 0 Å². The molecule has 18 heavy (non-hydrogen) atoms. The minimum atomic E-state index is 0.486. The van der Waals surface area contributed by atoms with Gasteiger partial charge in [0.2, 0.25) is 0 Å². The number of piperazine rings is 1. The van der Waals surface area contributed by atoms with Crippen LogP contribution in [0.4, 0.5) is 0 Å². The van der Waals surface area contributed by atoms with Crippen molar-refractivity contribution >= 4 is 0 Å². The first-order valence-electron chi connectivity index (χ1n) is 8.24. The Kier molecular flexibility index (Phi) is 2.74. The monoisotopic (exact) mass is 248 g/mol. The van der Waals surface area contributed by atoms with Crippen LogP contribution in [-0.4, -0.2) is 36.1 Å². The highest BCUT2D eigenvalue weighted by molar-refractivity contribution is 5.07. The molecule has 0 amide bonds. The molecule has 1 N–H and O–H groups in total. The highest BCUT2D eigenvalue weighted by Crippen LogP contribution is 2.46. The molecule has 1 aliphatic heterocycles. The summed E-state index contributed by atoms with van der Waals surface area (Å²) in [5.41, 5.74) is 0.486. The number of rotatable bonds is 5. The summed E-state index contributed by atoms with van der Waals surface area (Å²) in [5, 5.41) is 3.88. The lowest BCUT2D eigenvalue weighted by atomic mass is 9.88. The fourth-order valence-corrected chi connectivity index (χ4v) is 3.97. The van der Waals surface area contributed by atoms with Crippen LogP contribution in [0.5, 0.6) is 0 Å². The molecule has 2 atom stereocenters. The maximum Gasteiger partial charge on any atom is 0.0334 e. The van der Waals surface area contributed by atoms with Gasteiger partial charge in [0.05, 0.1) is 0 Å². The van der Waals surface area contributed by atoms with Crippen LogP contribution in [-0.2, 0) is 0 Å². The van der Waals surface area contributed by atoms with Crippen LogP contribution >= 0.6 is 0 Å².